The Hall–Kier alpha value is -1.30. The maximum Gasteiger partial charge on any atom is 0.308 e. The SMILES string of the molecule is CC(NC(=O)CN1C[C@@H](C)[C@H](C(=O)O)C1)c1ccc(Cl)cc1Cl. The van der Waals surface area contributed by atoms with Gasteiger partial charge in [0, 0.05) is 23.1 Å². The van der Waals surface area contributed by atoms with Gasteiger partial charge in [0.25, 0.3) is 0 Å². The molecule has 0 saturated carbocycles. The Morgan fingerprint density at radius 3 is 2.65 bits per heavy atom. The number of likely N-dealkylation sites (tertiary alicyclic amines) is 1. The molecule has 5 nitrogen and oxygen atoms in total. The van der Waals surface area contributed by atoms with Gasteiger partial charge in [0.2, 0.25) is 5.91 Å². The van der Waals surface area contributed by atoms with Gasteiger partial charge in [0.05, 0.1) is 18.5 Å². The number of aliphatic carboxylic acids is 1. The molecule has 1 aliphatic rings. The van der Waals surface area contributed by atoms with Crippen LogP contribution in [0.25, 0.3) is 0 Å². The van der Waals surface area contributed by atoms with Gasteiger partial charge in [0.1, 0.15) is 0 Å². The van der Waals surface area contributed by atoms with Gasteiger partial charge in [-0.05, 0) is 30.5 Å². The smallest absolute Gasteiger partial charge is 0.308 e. The highest BCUT2D eigenvalue weighted by Crippen LogP contribution is 2.26. The molecule has 1 fully saturated rings. The number of carbonyl (C=O) groups is 2. The highest BCUT2D eigenvalue weighted by molar-refractivity contribution is 6.35. The van der Waals surface area contributed by atoms with Crippen molar-refractivity contribution in [3.05, 3.63) is 33.8 Å². The molecule has 1 aromatic rings. The summed E-state index contributed by atoms with van der Waals surface area (Å²) in [6, 6.07) is 4.90. The summed E-state index contributed by atoms with van der Waals surface area (Å²) in [5, 5.41) is 13.1. The number of carbonyl (C=O) groups excluding carboxylic acids is 1. The minimum absolute atomic E-state index is 0.0448. The number of benzene rings is 1. The lowest BCUT2D eigenvalue weighted by Crippen LogP contribution is -2.37. The Bertz CT molecular complexity index is 609. The largest absolute Gasteiger partial charge is 0.481 e. The Labute approximate surface area is 145 Å². The van der Waals surface area contributed by atoms with Crippen molar-refractivity contribution >= 4 is 35.1 Å². The first-order valence-corrected chi connectivity index (χ1v) is 8.23. The predicted octanol–water partition coefficient (Wildman–Crippen LogP) is 2.82. The van der Waals surface area contributed by atoms with Crippen molar-refractivity contribution in [1.82, 2.24) is 10.2 Å². The van der Waals surface area contributed by atoms with Gasteiger partial charge in [-0.1, -0.05) is 36.2 Å². The van der Waals surface area contributed by atoms with Crippen LogP contribution in [-0.4, -0.2) is 41.5 Å². The van der Waals surface area contributed by atoms with Crippen molar-refractivity contribution in [3.63, 3.8) is 0 Å². The van der Waals surface area contributed by atoms with Crippen LogP contribution in [-0.2, 0) is 9.59 Å². The number of hydrogen-bond acceptors (Lipinski definition) is 3. The van der Waals surface area contributed by atoms with Crippen LogP contribution in [0.3, 0.4) is 0 Å². The summed E-state index contributed by atoms with van der Waals surface area (Å²) >= 11 is 12.0. The lowest BCUT2D eigenvalue weighted by atomic mass is 9.99. The van der Waals surface area contributed by atoms with E-state index in [-0.39, 0.29) is 24.4 Å². The van der Waals surface area contributed by atoms with E-state index < -0.39 is 11.9 Å². The molecule has 3 atom stereocenters. The van der Waals surface area contributed by atoms with Gasteiger partial charge in [-0.2, -0.15) is 0 Å². The molecule has 2 N–H and O–H groups in total. The average Bonchev–Trinajstić information content (AvgIpc) is 2.79. The first-order valence-electron chi connectivity index (χ1n) is 7.47. The first-order chi connectivity index (χ1) is 10.8. The van der Waals surface area contributed by atoms with Crippen molar-refractivity contribution < 1.29 is 14.7 Å². The van der Waals surface area contributed by atoms with Crippen LogP contribution in [0, 0.1) is 11.8 Å². The summed E-state index contributed by atoms with van der Waals surface area (Å²) in [5.74, 6) is -1.32. The standard InChI is InChI=1S/C16H20Cl2N2O3/c1-9-6-20(7-13(9)16(22)23)8-15(21)19-10(2)12-4-3-11(17)5-14(12)18/h3-5,9-10,13H,6-8H2,1-2H3,(H,19,21)(H,22,23)/t9-,10?,13-/m1/s1. The van der Waals surface area contributed by atoms with Crippen LogP contribution in [0.1, 0.15) is 25.5 Å². The number of amides is 1. The monoisotopic (exact) mass is 358 g/mol. The van der Waals surface area contributed by atoms with Crippen LogP contribution in [0.5, 0.6) is 0 Å². The molecule has 0 aliphatic carbocycles. The Morgan fingerprint density at radius 2 is 2.09 bits per heavy atom. The molecule has 126 valence electrons. The van der Waals surface area contributed by atoms with Crippen LogP contribution < -0.4 is 5.32 Å². The van der Waals surface area contributed by atoms with Crippen LogP contribution in [0.15, 0.2) is 18.2 Å². The topological polar surface area (TPSA) is 69.6 Å². The Kier molecular flexibility index (Phi) is 5.89. The van der Waals surface area contributed by atoms with Gasteiger partial charge in [-0.3, -0.25) is 14.5 Å². The first kappa shape index (κ1) is 18.0. The molecule has 1 saturated heterocycles. The molecule has 23 heavy (non-hydrogen) atoms. The van der Waals surface area contributed by atoms with Crippen molar-refractivity contribution in [3.8, 4) is 0 Å². The summed E-state index contributed by atoms with van der Waals surface area (Å²) in [7, 11) is 0. The number of carboxylic acids is 1. The molecule has 7 heteroatoms. The second-order valence-electron chi connectivity index (χ2n) is 6.07. The van der Waals surface area contributed by atoms with E-state index in [0.29, 0.717) is 23.1 Å². The fourth-order valence-corrected chi connectivity index (χ4v) is 3.51. The molecule has 1 aromatic carbocycles. The third-order valence-electron chi connectivity index (χ3n) is 4.18. The number of halogens is 2. The maximum atomic E-state index is 12.2. The zero-order valence-corrected chi connectivity index (χ0v) is 14.6. The molecule has 0 spiro atoms. The van der Waals surface area contributed by atoms with Crippen molar-refractivity contribution in [2.24, 2.45) is 11.8 Å². The van der Waals surface area contributed by atoms with Crippen molar-refractivity contribution in [2.45, 2.75) is 19.9 Å². The molecule has 1 aliphatic heterocycles. The van der Waals surface area contributed by atoms with Crippen molar-refractivity contribution in [2.75, 3.05) is 19.6 Å². The minimum atomic E-state index is -0.804. The van der Waals surface area contributed by atoms with E-state index in [2.05, 4.69) is 5.32 Å². The second-order valence-corrected chi connectivity index (χ2v) is 6.91. The minimum Gasteiger partial charge on any atom is -0.481 e. The molecule has 2 rings (SSSR count). The number of nitrogens with one attached hydrogen (secondary N) is 1. The molecule has 0 bridgehead atoms. The summed E-state index contributed by atoms with van der Waals surface area (Å²) < 4.78 is 0. The fourth-order valence-electron chi connectivity index (χ4n) is 2.94. The van der Waals surface area contributed by atoms with E-state index in [9.17, 15) is 9.59 Å². The molecule has 1 amide bonds. The Morgan fingerprint density at radius 1 is 1.39 bits per heavy atom. The molecule has 1 unspecified atom stereocenters. The normalized spacial score (nSPS) is 22.8. The number of carboxylic acid groups (broad SMARTS) is 1. The third-order valence-corrected chi connectivity index (χ3v) is 4.74. The zero-order valence-electron chi connectivity index (χ0n) is 13.1. The van der Waals surface area contributed by atoms with E-state index in [0.717, 1.165) is 5.56 Å². The maximum absolute atomic E-state index is 12.2. The van der Waals surface area contributed by atoms with Gasteiger partial charge in [-0.25, -0.2) is 0 Å². The van der Waals surface area contributed by atoms with Gasteiger partial charge < -0.3 is 10.4 Å². The van der Waals surface area contributed by atoms with Gasteiger partial charge >= 0.3 is 5.97 Å². The van der Waals surface area contributed by atoms with Gasteiger partial charge in [0.15, 0.2) is 0 Å². The summed E-state index contributed by atoms with van der Waals surface area (Å²) in [6.07, 6.45) is 0. The highest BCUT2D eigenvalue weighted by atomic mass is 35.5. The molecular weight excluding hydrogens is 339 g/mol. The highest BCUT2D eigenvalue weighted by Gasteiger charge is 2.35. The predicted molar refractivity (Wildman–Crippen MR) is 89.7 cm³/mol. The molecular formula is C16H20Cl2N2O3. The summed E-state index contributed by atoms with van der Waals surface area (Å²) in [4.78, 5) is 25.2. The number of rotatable bonds is 5. The quantitative estimate of drug-likeness (QED) is 0.848. The second kappa shape index (κ2) is 7.51. The lowest BCUT2D eigenvalue weighted by molar-refractivity contribution is -0.142. The van der Waals surface area contributed by atoms with Gasteiger partial charge in [-0.15, -0.1) is 0 Å². The number of hydrogen-bond donors (Lipinski definition) is 2. The molecule has 0 radical (unpaired) electrons. The summed E-state index contributed by atoms with van der Waals surface area (Å²) in [5.41, 5.74) is 0.794. The van der Waals surface area contributed by atoms with Crippen LogP contribution >= 0.6 is 23.2 Å². The van der Waals surface area contributed by atoms with E-state index in [1.807, 2.05) is 18.7 Å². The average molecular weight is 359 g/mol. The summed E-state index contributed by atoms with van der Waals surface area (Å²) in [6.45, 7) is 4.94. The van der Waals surface area contributed by atoms with E-state index in [4.69, 9.17) is 28.3 Å². The van der Waals surface area contributed by atoms with E-state index in [1.54, 1.807) is 18.2 Å². The zero-order chi connectivity index (χ0) is 17.1. The Balaban J connectivity index is 1.91. The number of nitrogens with zero attached hydrogens (tertiary/aromatic N) is 1. The van der Waals surface area contributed by atoms with Crippen LogP contribution in [0.4, 0.5) is 0 Å². The fraction of sp³-hybridized carbons (Fsp3) is 0.500. The van der Waals surface area contributed by atoms with Crippen LogP contribution in [0.2, 0.25) is 10.0 Å². The lowest BCUT2D eigenvalue weighted by Gasteiger charge is -2.19. The molecule has 1 heterocycles. The molecule has 0 aromatic heterocycles. The van der Waals surface area contributed by atoms with E-state index >= 15 is 0 Å². The van der Waals surface area contributed by atoms with E-state index in [1.165, 1.54) is 0 Å². The van der Waals surface area contributed by atoms with Crippen molar-refractivity contribution in [1.29, 1.82) is 0 Å². The third kappa shape index (κ3) is 4.59.